The molecular weight excluding hydrogens is 250 g/mol. The van der Waals surface area contributed by atoms with Crippen molar-refractivity contribution >= 4 is 12.1 Å². The first-order valence-electron chi connectivity index (χ1n) is 6.05. The van der Waals surface area contributed by atoms with Gasteiger partial charge in [-0.1, -0.05) is 0 Å². The number of rotatable bonds is 1. The van der Waals surface area contributed by atoms with Gasteiger partial charge in [-0.15, -0.1) is 0 Å². The number of aromatic hydroxyl groups is 1. The van der Waals surface area contributed by atoms with Crippen molar-refractivity contribution < 1.29 is 14.6 Å². The lowest BCUT2D eigenvalue weighted by Crippen LogP contribution is -2.38. The predicted molar refractivity (Wildman–Crippen MR) is 65.2 cm³/mol. The van der Waals surface area contributed by atoms with Crippen molar-refractivity contribution in [1.82, 2.24) is 9.55 Å². The zero-order chi connectivity index (χ0) is 13.6. The zero-order valence-electron chi connectivity index (χ0n) is 10.1. The third-order valence-electron chi connectivity index (χ3n) is 3.65. The van der Waals surface area contributed by atoms with Crippen molar-refractivity contribution in [2.75, 3.05) is 0 Å². The van der Waals surface area contributed by atoms with Crippen LogP contribution in [0.1, 0.15) is 42.0 Å². The van der Waals surface area contributed by atoms with Crippen LogP contribution in [0.25, 0.3) is 6.20 Å². The highest BCUT2D eigenvalue weighted by Crippen LogP contribution is 2.43. The van der Waals surface area contributed by atoms with E-state index in [1.54, 1.807) is 0 Å². The summed E-state index contributed by atoms with van der Waals surface area (Å²) in [4.78, 5) is 27.4. The third kappa shape index (κ3) is 1.54. The van der Waals surface area contributed by atoms with Crippen molar-refractivity contribution in [3.8, 4) is 5.75 Å². The lowest BCUT2D eigenvalue weighted by molar-refractivity contribution is 0.00821. The molecular formula is C12H13N3O4. The van der Waals surface area contributed by atoms with E-state index in [4.69, 9.17) is 10.5 Å². The Labute approximate surface area is 108 Å². The Morgan fingerprint density at radius 2 is 2.16 bits per heavy atom. The molecule has 19 heavy (non-hydrogen) atoms. The van der Waals surface area contributed by atoms with E-state index in [9.17, 15) is 14.7 Å². The highest BCUT2D eigenvalue weighted by Gasteiger charge is 2.43. The quantitative estimate of drug-likeness (QED) is 0.756. The van der Waals surface area contributed by atoms with Crippen LogP contribution in [-0.2, 0) is 10.3 Å². The molecule has 0 saturated heterocycles. The molecule has 1 aliphatic heterocycles. The van der Waals surface area contributed by atoms with Gasteiger partial charge < -0.3 is 15.6 Å². The molecule has 0 aromatic carbocycles. The minimum absolute atomic E-state index is 0.337. The summed E-state index contributed by atoms with van der Waals surface area (Å²) < 4.78 is 6.86. The number of aromatic nitrogens is 2. The molecule has 1 aromatic rings. The van der Waals surface area contributed by atoms with Crippen LogP contribution in [0.15, 0.2) is 11.1 Å². The maximum Gasteiger partial charge on any atom is 0.300 e. The summed E-state index contributed by atoms with van der Waals surface area (Å²) in [5, 5.41) is 9.68. The Morgan fingerprint density at radius 1 is 1.47 bits per heavy atom. The molecule has 3 N–H and O–H groups in total. The first-order valence-corrected chi connectivity index (χ1v) is 6.05. The molecule has 0 bridgehead atoms. The monoisotopic (exact) mass is 263 g/mol. The summed E-state index contributed by atoms with van der Waals surface area (Å²) in [6.45, 7) is 0. The van der Waals surface area contributed by atoms with Gasteiger partial charge in [0.15, 0.2) is 17.1 Å². The first-order chi connectivity index (χ1) is 9.05. The highest BCUT2D eigenvalue weighted by atomic mass is 16.5. The fourth-order valence-corrected chi connectivity index (χ4v) is 2.72. The fraction of sp³-hybridized carbons (Fsp3) is 0.417. The molecule has 1 fully saturated rings. The van der Waals surface area contributed by atoms with Crippen molar-refractivity contribution in [2.45, 2.75) is 31.3 Å². The van der Waals surface area contributed by atoms with Crippen LogP contribution < -0.4 is 11.3 Å². The van der Waals surface area contributed by atoms with E-state index >= 15 is 0 Å². The lowest BCUT2D eigenvalue weighted by Gasteiger charge is -2.32. The predicted octanol–water partition coefficient (Wildman–Crippen LogP) is 0.275. The van der Waals surface area contributed by atoms with Gasteiger partial charge in [-0.2, -0.15) is 0 Å². The number of hydrogen-bond donors (Lipinski definition) is 2. The Morgan fingerprint density at radius 3 is 2.79 bits per heavy atom. The molecule has 7 nitrogen and oxygen atoms in total. The normalized spacial score (nSPS) is 19.2. The molecule has 7 heteroatoms. The van der Waals surface area contributed by atoms with Crippen LogP contribution in [0.2, 0.25) is 0 Å². The number of carbonyl (C=O) groups is 1. The number of carbonyl (C=O) groups excluding carboxylic acids is 1. The third-order valence-corrected chi connectivity index (χ3v) is 3.65. The Bertz CT molecular complexity index is 641. The molecule has 2 aliphatic rings. The van der Waals surface area contributed by atoms with Crippen molar-refractivity contribution in [2.24, 2.45) is 5.73 Å². The maximum absolute atomic E-state index is 12.0. The van der Waals surface area contributed by atoms with E-state index in [1.165, 1.54) is 17.0 Å². The van der Waals surface area contributed by atoms with Crippen molar-refractivity contribution in [1.29, 1.82) is 0 Å². The standard InChI is InChI=1S/C12H13N3O4/c13-9(17)7-8(16)10(18)15-5-6-19-12(11(15)14-7)3-1-2-4-12/h5-6,16H,1-4H2,(H2,13,17). The Hall–Kier alpha value is -2.31. The van der Waals surface area contributed by atoms with Gasteiger partial charge in [0.05, 0.1) is 0 Å². The van der Waals surface area contributed by atoms with E-state index in [-0.39, 0.29) is 0 Å². The summed E-state index contributed by atoms with van der Waals surface area (Å²) in [6, 6.07) is 0. The topological polar surface area (TPSA) is 107 Å². The van der Waals surface area contributed by atoms with Crippen LogP contribution in [0.4, 0.5) is 0 Å². The second-order valence-corrected chi connectivity index (χ2v) is 4.78. The van der Waals surface area contributed by atoms with Crippen LogP contribution in [0.3, 0.4) is 0 Å². The van der Waals surface area contributed by atoms with E-state index in [1.807, 2.05) is 0 Å². The smallest absolute Gasteiger partial charge is 0.300 e. The molecule has 1 amide bonds. The molecule has 0 radical (unpaired) electrons. The summed E-state index contributed by atoms with van der Waals surface area (Å²) in [6.07, 6.45) is 6.15. The molecule has 1 saturated carbocycles. The van der Waals surface area contributed by atoms with Crippen molar-refractivity contribution in [3.05, 3.63) is 28.1 Å². The number of amides is 1. The Balaban J connectivity index is 2.30. The molecule has 0 unspecified atom stereocenters. The molecule has 1 aliphatic carbocycles. The average molecular weight is 263 g/mol. The maximum atomic E-state index is 12.0. The molecule has 1 spiro atoms. The van der Waals surface area contributed by atoms with Gasteiger partial charge in [-0.05, 0) is 25.7 Å². The zero-order valence-corrected chi connectivity index (χ0v) is 10.1. The largest absolute Gasteiger partial charge is 0.501 e. The minimum atomic E-state index is -0.930. The number of nitrogens with two attached hydrogens (primary N) is 1. The molecule has 100 valence electrons. The lowest BCUT2D eigenvalue weighted by atomic mass is 9.99. The van der Waals surface area contributed by atoms with Gasteiger partial charge in [-0.25, -0.2) is 4.98 Å². The van der Waals surface area contributed by atoms with Gasteiger partial charge >= 0.3 is 5.56 Å². The van der Waals surface area contributed by atoms with Crippen LogP contribution >= 0.6 is 0 Å². The summed E-state index contributed by atoms with van der Waals surface area (Å²) in [5.41, 5.74) is 3.34. The van der Waals surface area contributed by atoms with Crippen LogP contribution in [0, 0.1) is 0 Å². The number of hydrogen-bond acceptors (Lipinski definition) is 5. The van der Waals surface area contributed by atoms with Gasteiger partial charge in [0.1, 0.15) is 6.26 Å². The van der Waals surface area contributed by atoms with Gasteiger partial charge in [-0.3, -0.25) is 14.2 Å². The second kappa shape index (κ2) is 3.84. The number of ether oxygens (including phenoxy) is 1. The number of nitrogens with zero attached hydrogens (tertiary/aromatic N) is 2. The van der Waals surface area contributed by atoms with E-state index in [2.05, 4.69) is 4.98 Å². The molecule has 1 aromatic heterocycles. The summed E-state index contributed by atoms with van der Waals surface area (Å²) >= 11 is 0. The average Bonchev–Trinajstić information content (AvgIpc) is 2.83. The SMILES string of the molecule is NC(=O)c1nc2n(c(=O)c1O)C=COC21CCCC1. The van der Waals surface area contributed by atoms with Crippen molar-refractivity contribution in [3.63, 3.8) is 0 Å². The summed E-state index contributed by atoms with van der Waals surface area (Å²) in [7, 11) is 0. The molecule has 2 heterocycles. The van der Waals surface area contributed by atoms with Crippen LogP contribution in [0.5, 0.6) is 5.75 Å². The number of fused-ring (bicyclic) bond motifs is 2. The van der Waals surface area contributed by atoms with E-state index < -0.39 is 28.5 Å². The highest BCUT2D eigenvalue weighted by molar-refractivity contribution is 5.93. The number of primary amides is 1. The van der Waals surface area contributed by atoms with E-state index in [0.29, 0.717) is 18.7 Å². The minimum Gasteiger partial charge on any atom is -0.501 e. The summed E-state index contributed by atoms with van der Waals surface area (Å²) in [5.74, 6) is -1.32. The van der Waals surface area contributed by atoms with E-state index in [0.717, 1.165) is 12.8 Å². The first kappa shape index (κ1) is 11.8. The fourth-order valence-electron chi connectivity index (χ4n) is 2.72. The van der Waals surface area contributed by atoms with Crippen LogP contribution in [-0.4, -0.2) is 20.6 Å². The van der Waals surface area contributed by atoms with Gasteiger partial charge in [0.2, 0.25) is 5.75 Å². The Kier molecular flexibility index (Phi) is 2.38. The van der Waals surface area contributed by atoms with Gasteiger partial charge in [0.25, 0.3) is 5.91 Å². The second-order valence-electron chi connectivity index (χ2n) is 4.78. The molecule has 3 rings (SSSR count). The molecule has 0 atom stereocenters. The van der Waals surface area contributed by atoms with Gasteiger partial charge in [0, 0.05) is 6.20 Å².